The maximum Gasteiger partial charge on any atom is 0.305 e. The van der Waals surface area contributed by atoms with Crippen LogP contribution in [-0.2, 0) is 9.53 Å². The molecule has 4 aliphatic carbocycles. The Morgan fingerprint density at radius 2 is 1.83 bits per heavy atom. The molecule has 0 heterocycles. The number of hydrogen-bond acceptors (Lipinski definition) is 4. The Balaban J connectivity index is 1.50. The minimum absolute atomic E-state index is 0.0212. The van der Waals surface area contributed by atoms with Crippen molar-refractivity contribution in [2.24, 2.45) is 46.3 Å². The summed E-state index contributed by atoms with van der Waals surface area (Å²) in [6.45, 7) is 9.45. The Bertz CT molecular complexity index is 635. The summed E-state index contributed by atoms with van der Waals surface area (Å²) in [5.41, 5.74) is 0.269. The van der Waals surface area contributed by atoms with E-state index in [2.05, 4.69) is 20.8 Å². The molecular weight excluding hydrogens is 376 g/mol. The molecule has 0 bridgehead atoms. The van der Waals surface area contributed by atoms with Gasteiger partial charge in [-0.15, -0.1) is 0 Å². The molecule has 0 amide bonds. The van der Waals surface area contributed by atoms with Crippen molar-refractivity contribution in [3.63, 3.8) is 0 Å². The van der Waals surface area contributed by atoms with E-state index in [4.69, 9.17) is 4.74 Å². The number of rotatable bonds is 5. The molecule has 4 heteroatoms. The van der Waals surface area contributed by atoms with Gasteiger partial charge in [0.25, 0.3) is 0 Å². The largest absolute Gasteiger partial charge is 0.466 e. The SMILES string of the molecule is CCOC(=O)CCC(C)C1CC[C@H]2C3CCC4C[C@H](O)CC[C@]4(C)[C@H]3C[C@H](O)[C@]12C. The zero-order chi connectivity index (χ0) is 21.7. The standard InChI is InChI=1S/C26H44O4/c1-5-30-24(29)11-6-16(2)20-9-10-21-19-8-7-17-14-18(27)12-13-25(17,3)22(19)15-23(28)26(20,21)4/h16-23,27-28H,5-15H2,1-4H3/t16?,17?,18-,19?,20?,21+,22+,23+,25+,26-/m1/s1. The van der Waals surface area contributed by atoms with E-state index in [0.29, 0.717) is 42.6 Å². The highest BCUT2D eigenvalue weighted by Gasteiger charge is 2.63. The maximum absolute atomic E-state index is 11.9. The Morgan fingerprint density at radius 3 is 2.57 bits per heavy atom. The van der Waals surface area contributed by atoms with Crippen molar-refractivity contribution in [1.82, 2.24) is 0 Å². The van der Waals surface area contributed by atoms with Gasteiger partial charge in [0.2, 0.25) is 0 Å². The van der Waals surface area contributed by atoms with Crippen LogP contribution < -0.4 is 0 Å². The first-order chi connectivity index (χ1) is 14.2. The fourth-order valence-electron chi connectivity index (χ4n) is 8.94. The Hall–Kier alpha value is -0.610. The molecule has 4 aliphatic rings. The molecule has 0 radical (unpaired) electrons. The van der Waals surface area contributed by atoms with Crippen LogP contribution in [0.5, 0.6) is 0 Å². The first kappa shape index (κ1) is 22.6. The summed E-state index contributed by atoms with van der Waals surface area (Å²) in [6.07, 6.45) is 9.88. The van der Waals surface area contributed by atoms with Crippen LogP contribution >= 0.6 is 0 Å². The van der Waals surface area contributed by atoms with E-state index in [1.54, 1.807) is 0 Å². The van der Waals surface area contributed by atoms with Gasteiger partial charge in [0.1, 0.15) is 0 Å². The molecule has 4 unspecified atom stereocenters. The average Bonchev–Trinajstić information content (AvgIpc) is 3.07. The molecule has 4 saturated carbocycles. The summed E-state index contributed by atoms with van der Waals surface area (Å²) in [5.74, 6) is 3.39. The molecule has 30 heavy (non-hydrogen) atoms. The molecule has 0 aromatic heterocycles. The van der Waals surface area contributed by atoms with Crippen LogP contribution in [0.25, 0.3) is 0 Å². The van der Waals surface area contributed by atoms with Crippen molar-refractivity contribution >= 4 is 5.97 Å². The molecule has 0 aromatic carbocycles. The summed E-state index contributed by atoms with van der Waals surface area (Å²) in [4.78, 5) is 11.9. The normalized spacial score (nSPS) is 48.9. The third-order valence-electron chi connectivity index (χ3n) is 10.6. The second-order valence-electron chi connectivity index (χ2n) is 11.7. The van der Waals surface area contributed by atoms with Crippen LogP contribution in [0, 0.1) is 46.3 Å². The average molecular weight is 421 g/mol. The van der Waals surface area contributed by atoms with Crippen LogP contribution in [0.1, 0.15) is 91.9 Å². The summed E-state index contributed by atoms with van der Waals surface area (Å²) in [6, 6.07) is 0. The summed E-state index contributed by atoms with van der Waals surface area (Å²) >= 11 is 0. The number of aliphatic hydroxyl groups excluding tert-OH is 2. The van der Waals surface area contributed by atoms with Gasteiger partial charge in [-0.3, -0.25) is 4.79 Å². The molecule has 10 atom stereocenters. The van der Waals surface area contributed by atoms with Crippen molar-refractivity contribution in [1.29, 1.82) is 0 Å². The molecule has 172 valence electrons. The molecule has 0 spiro atoms. The lowest BCUT2D eigenvalue weighted by Crippen LogP contribution is -2.58. The van der Waals surface area contributed by atoms with Crippen molar-refractivity contribution in [3.05, 3.63) is 0 Å². The topological polar surface area (TPSA) is 66.8 Å². The summed E-state index contributed by atoms with van der Waals surface area (Å²) < 4.78 is 5.14. The number of esters is 1. The number of carbonyl (C=O) groups excluding carboxylic acids is 1. The smallest absolute Gasteiger partial charge is 0.305 e. The van der Waals surface area contributed by atoms with Crippen LogP contribution in [0.2, 0.25) is 0 Å². The van der Waals surface area contributed by atoms with Gasteiger partial charge in [0, 0.05) is 6.42 Å². The lowest BCUT2D eigenvalue weighted by molar-refractivity contribution is -0.175. The molecule has 0 aliphatic heterocycles. The molecular formula is C26H44O4. The van der Waals surface area contributed by atoms with Crippen molar-refractivity contribution < 1.29 is 19.7 Å². The first-order valence-corrected chi connectivity index (χ1v) is 12.7. The number of carbonyl (C=O) groups is 1. The minimum Gasteiger partial charge on any atom is -0.466 e. The van der Waals surface area contributed by atoms with Gasteiger partial charge in [0.05, 0.1) is 18.8 Å². The predicted molar refractivity (Wildman–Crippen MR) is 118 cm³/mol. The van der Waals surface area contributed by atoms with E-state index in [-0.39, 0.29) is 29.0 Å². The van der Waals surface area contributed by atoms with Gasteiger partial charge in [-0.25, -0.2) is 0 Å². The van der Waals surface area contributed by atoms with Crippen molar-refractivity contribution in [2.45, 2.75) is 104 Å². The number of hydrogen-bond donors (Lipinski definition) is 2. The van der Waals surface area contributed by atoms with Gasteiger partial charge >= 0.3 is 5.97 Å². The highest BCUT2D eigenvalue weighted by atomic mass is 16.5. The molecule has 4 rings (SSSR count). The lowest BCUT2D eigenvalue weighted by Gasteiger charge is -2.62. The Kier molecular flexibility index (Phi) is 6.31. The second kappa shape index (κ2) is 8.39. The monoisotopic (exact) mass is 420 g/mol. The van der Waals surface area contributed by atoms with E-state index >= 15 is 0 Å². The van der Waals surface area contributed by atoms with Gasteiger partial charge in [-0.05, 0) is 111 Å². The van der Waals surface area contributed by atoms with Crippen molar-refractivity contribution in [3.8, 4) is 0 Å². The highest BCUT2D eigenvalue weighted by Crippen LogP contribution is 2.68. The number of aliphatic hydroxyl groups is 2. The molecule has 4 fully saturated rings. The first-order valence-electron chi connectivity index (χ1n) is 12.7. The van der Waals surface area contributed by atoms with Crippen LogP contribution in [0.4, 0.5) is 0 Å². The minimum atomic E-state index is -0.247. The fourth-order valence-corrected chi connectivity index (χ4v) is 8.94. The number of ether oxygens (including phenoxy) is 1. The Labute approximate surface area is 183 Å². The van der Waals surface area contributed by atoms with E-state index in [1.807, 2.05) is 6.92 Å². The van der Waals surface area contributed by atoms with E-state index in [1.165, 1.54) is 25.7 Å². The van der Waals surface area contributed by atoms with E-state index < -0.39 is 0 Å². The zero-order valence-electron chi connectivity index (χ0n) is 19.6. The van der Waals surface area contributed by atoms with Gasteiger partial charge in [0.15, 0.2) is 0 Å². The predicted octanol–water partition coefficient (Wildman–Crippen LogP) is 4.96. The van der Waals surface area contributed by atoms with Gasteiger partial charge < -0.3 is 14.9 Å². The molecule has 0 aromatic rings. The molecule has 4 nitrogen and oxygen atoms in total. The van der Waals surface area contributed by atoms with Gasteiger partial charge in [-0.2, -0.15) is 0 Å². The number of fused-ring (bicyclic) bond motifs is 5. The maximum atomic E-state index is 11.9. The Morgan fingerprint density at radius 1 is 1.07 bits per heavy atom. The summed E-state index contributed by atoms with van der Waals surface area (Å²) in [5, 5.41) is 21.8. The summed E-state index contributed by atoms with van der Waals surface area (Å²) in [7, 11) is 0. The van der Waals surface area contributed by atoms with Gasteiger partial charge in [-0.1, -0.05) is 20.8 Å². The van der Waals surface area contributed by atoms with Crippen LogP contribution in [-0.4, -0.2) is 35.0 Å². The fraction of sp³-hybridized carbons (Fsp3) is 0.962. The van der Waals surface area contributed by atoms with E-state index in [0.717, 1.165) is 38.0 Å². The van der Waals surface area contributed by atoms with Crippen molar-refractivity contribution in [2.75, 3.05) is 6.61 Å². The van der Waals surface area contributed by atoms with E-state index in [9.17, 15) is 15.0 Å². The molecule has 0 saturated heterocycles. The quantitative estimate of drug-likeness (QED) is 0.617. The second-order valence-corrected chi connectivity index (χ2v) is 11.7. The van der Waals surface area contributed by atoms with Crippen LogP contribution in [0.15, 0.2) is 0 Å². The third kappa shape index (κ3) is 3.54. The lowest BCUT2D eigenvalue weighted by atomic mass is 9.43. The molecule has 2 N–H and O–H groups in total. The third-order valence-corrected chi connectivity index (χ3v) is 10.6. The zero-order valence-corrected chi connectivity index (χ0v) is 19.6. The highest BCUT2D eigenvalue weighted by molar-refractivity contribution is 5.69. The van der Waals surface area contributed by atoms with Crippen LogP contribution in [0.3, 0.4) is 0 Å².